The van der Waals surface area contributed by atoms with E-state index in [-0.39, 0.29) is 6.61 Å². The summed E-state index contributed by atoms with van der Waals surface area (Å²) in [4.78, 5) is 9.63. The summed E-state index contributed by atoms with van der Waals surface area (Å²) < 4.78 is 5.17. The van der Waals surface area contributed by atoms with Gasteiger partial charge in [-0.15, -0.1) is 0 Å². The Kier molecular flexibility index (Phi) is 4.28. The molecule has 0 aliphatic heterocycles. The molecule has 0 radical (unpaired) electrons. The van der Waals surface area contributed by atoms with Crippen molar-refractivity contribution in [2.45, 2.75) is 6.10 Å². The van der Waals surface area contributed by atoms with E-state index in [0.29, 0.717) is 12.6 Å². The molecule has 1 heterocycles. The van der Waals surface area contributed by atoms with Crippen LogP contribution >= 0.6 is 0 Å². The third-order valence-electron chi connectivity index (χ3n) is 1.52. The van der Waals surface area contributed by atoms with Gasteiger partial charge in [-0.3, -0.25) is 0 Å². The molecule has 14 heavy (non-hydrogen) atoms. The van der Waals surface area contributed by atoms with Crippen molar-refractivity contribution in [3.8, 4) is 6.01 Å². The average molecular weight is 197 g/mol. The van der Waals surface area contributed by atoms with Gasteiger partial charge in [0.25, 0.3) is 0 Å². The van der Waals surface area contributed by atoms with Crippen LogP contribution < -0.4 is 4.74 Å². The van der Waals surface area contributed by atoms with Gasteiger partial charge in [-0.2, -0.15) is 0 Å². The van der Waals surface area contributed by atoms with E-state index in [4.69, 9.17) is 4.74 Å². The van der Waals surface area contributed by atoms with Crippen LogP contribution in [0.5, 0.6) is 6.01 Å². The molecule has 1 aromatic heterocycles. The number of aliphatic hydroxyl groups is 1. The lowest BCUT2D eigenvalue weighted by atomic mass is 10.4. The van der Waals surface area contributed by atoms with E-state index in [1.54, 1.807) is 18.5 Å². The van der Waals surface area contributed by atoms with Gasteiger partial charge in [-0.05, 0) is 20.2 Å². The molecule has 78 valence electrons. The molecule has 0 aromatic carbocycles. The summed E-state index contributed by atoms with van der Waals surface area (Å²) in [5, 5.41) is 9.46. The molecule has 0 amide bonds. The van der Waals surface area contributed by atoms with Crippen LogP contribution in [0.25, 0.3) is 0 Å². The Morgan fingerprint density at radius 3 is 2.64 bits per heavy atom. The van der Waals surface area contributed by atoms with Crippen LogP contribution in [-0.2, 0) is 0 Å². The zero-order chi connectivity index (χ0) is 10.4. The number of hydrogen-bond donors (Lipinski definition) is 1. The summed E-state index contributed by atoms with van der Waals surface area (Å²) in [5.74, 6) is 0. The normalized spacial score (nSPS) is 12.9. The van der Waals surface area contributed by atoms with Gasteiger partial charge in [0.15, 0.2) is 0 Å². The molecule has 5 nitrogen and oxygen atoms in total. The predicted molar refractivity (Wildman–Crippen MR) is 52.1 cm³/mol. The monoisotopic (exact) mass is 197 g/mol. The van der Waals surface area contributed by atoms with E-state index in [2.05, 4.69) is 9.97 Å². The first kappa shape index (κ1) is 10.9. The number of nitrogens with zero attached hydrogens (tertiary/aromatic N) is 3. The first-order valence-electron chi connectivity index (χ1n) is 4.41. The highest BCUT2D eigenvalue weighted by Gasteiger charge is 2.06. The first-order chi connectivity index (χ1) is 6.68. The quantitative estimate of drug-likeness (QED) is 0.707. The van der Waals surface area contributed by atoms with Crippen LogP contribution in [-0.4, -0.2) is 53.3 Å². The maximum Gasteiger partial charge on any atom is 0.316 e. The Balaban J connectivity index is 2.27. The summed E-state index contributed by atoms with van der Waals surface area (Å²) in [7, 11) is 3.78. The topological polar surface area (TPSA) is 58.5 Å². The third-order valence-corrected chi connectivity index (χ3v) is 1.52. The second kappa shape index (κ2) is 5.51. The van der Waals surface area contributed by atoms with Crippen LogP contribution in [0.3, 0.4) is 0 Å². The highest BCUT2D eigenvalue weighted by atomic mass is 16.5. The van der Waals surface area contributed by atoms with E-state index in [9.17, 15) is 5.11 Å². The summed E-state index contributed by atoms with van der Waals surface area (Å²) in [6.45, 7) is 0.773. The van der Waals surface area contributed by atoms with Crippen LogP contribution in [0.1, 0.15) is 0 Å². The smallest absolute Gasteiger partial charge is 0.316 e. The first-order valence-corrected chi connectivity index (χ1v) is 4.41. The van der Waals surface area contributed by atoms with Gasteiger partial charge in [0.05, 0.1) is 0 Å². The minimum Gasteiger partial charge on any atom is -0.461 e. The van der Waals surface area contributed by atoms with Gasteiger partial charge in [0.1, 0.15) is 12.7 Å². The third kappa shape index (κ3) is 4.15. The zero-order valence-corrected chi connectivity index (χ0v) is 8.42. The molecule has 5 heteroatoms. The molecule has 0 spiro atoms. The van der Waals surface area contributed by atoms with Crippen molar-refractivity contribution >= 4 is 0 Å². The fourth-order valence-corrected chi connectivity index (χ4v) is 1.00. The average Bonchev–Trinajstić information content (AvgIpc) is 2.15. The Morgan fingerprint density at radius 2 is 2.07 bits per heavy atom. The summed E-state index contributed by atoms with van der Waals surface area (Å²) in [5.41, 5.74) is 0. The minimum absolute atomic E-state index is 0.211. The largest absolute Gasteiger partial charge is 0.461 e. The van der Waals surface area contributed by atoms with Crippen molar-refractivity contribution in [3.63, 3.8) is 0 Å². The number of aromatic nitrogens is 2. The molecule has 0 fully saturated rings. The zero-order valence-electron chi connectivity index (χ0n) is 8.42. The molecule has 0 aliphatic carbocycles. The number of aliphatic hydroxyl groups excluding tert-OH is 1. The van der Waals surface area contributed by atoms with Gasteiger partial charge in [-0.1, -0.05) is 0 Å². The highest BCUT2D eigenvalue weighted by molar-refractivity contribution is 4.93. The fraction of sp³-hybridized carbons (Fsp3) is 0.556. The predicted octanol–water partition coefficient (Wildman–Crippen LogP) is -0.222. The molecular formula is C9H15N3O2. The highest BCUT2D eigenvalue weighted by Crippen LogP contribution is 1.98. The molecule has 0 bridgehead atoms. The Labute approximate surface area is 83.4 Å². The lowest BCUT2D eigenvalue weighted by Gasteiger charge is -2.15. The minimum atomic E-state index is -0.520. The van der Waals surface area contributed by atoms with E-state index < -0.39 is 6.10 Å². The van der Waals surface area contributed by atoms with Crippen molar-refractivity contribution in [2.75, 3.05) is 27.2 Å². The van der Waals surface area contributed by atoms with Crippen LogP contribution in [0.2, 0.25) is 0 Å². The summed E-state index contributed by atoms with van der Waals surface area (Å²) in [6.07, 6.45) is 2.68. The lowest BCUT2D eigenvalue weighted by molar-refractivity contribution is 0.0789. The van der Waals surface area contributed by atoms with Crippen molar-refractivity contribution in [1.82, 2.24) is 14.9 Å². The molecule has 1 unspecified atom stereocenters. The Morgan fingerprint density at radius 1 is 1.43 bits per heavy atom. The molecule has 1 rings (SSSR count). The molecule has 0 saturated carbocycles. The summed E-state index contributed by atoms with van der Waals surface area (Å²) in [6, 6.07) is 2.01. The Hall–Kier alpha value is -1.20. The number of hydrogen-bond acceptors (Lipinski definition) is 5. The second-order valence-electron chi connectivity index (χ2n) is 3.26. The van der Waals surface area contributed by atoms with Crippen molar-refractivity contribution in [3.05, 3.63) is 18.5 Å². The SMILES string of the molecule is CN(C)CC(O)COc1ncccn1. The standard InChI is InChI=1S/C9H15N3O2/c1-12(2)6-8(13)7-14-9-10-4-3-5-11-9/h3-5,8,13H,6-7H2,1-2H3. The molecule has 0 aliphatic rings. The lowest BCUT2D eigenvalue weighted by Crippen LogP contribution is -2.30. The van der Waals surface area contributed by atoms with E-state index >= 15 is 0 Å². The molecule has 1 atom stereocenters. The molecular weight excluding hydrogens is 182 g/mol. The van der Waals surface area contributed by atoms with Gasteiger partial charge < -0.3 is 14.7 Å². The Bertz CT molecular complexity index is 253. The van der Waals surface area contributed by atoms with E-state index in [1.807, 2.05) is 19.0 Å². The molecule has 1 aromatic rings. The number of likely N-dealkylation sites (N-methyl/N-ethyl adjacent to an activating group) is 1. The second-order valence-corrected chi connectivity index (χ2v) is 3.26. The van der Waals surface area contributed by atoms with E-state index in [1.165, 1.54) is 0 Å². The van der Waals surface area contributed by atoms with Crippen molar-refractivity contribution in [1.29, 1.82) is 0 Å². The van der Waals surface area contributed by atoms with Crippen molar-refractivity contribution in [2.24, 2.45) is 0 Å². The van der Waals surface area contributed by atoms with Gasteiger partial charge in [-0.25, -0.2) is 9.97 Å². The van der Waals surface area contributed by atoms with Crippen molar-refractivity contribution < 1.29 is 9.84 Å². The van der Waals surface area contributed by atoms with Crippen LogP contribution in [0.15, 0.2) is 18.5 Å². The van der Waals surface area contributed by atoms with Gasteiger partial charge in [0, 0.05) is 18.9 Å². The maximum atomic E-state index is 9.46. The van der Waals surface area contributed by atoms with Gasteiger partial charge >= 0.3 is 6.01 Å². The molecule has 0 saturated heterocycles. The summed E-state index contributed by atoms with van der Waals surface area (Å²) >= 11 is 0. The number of rotatable bonds is 5. The van der Waals surface area contributed by atoms with Gasteiger partial charge in [0.2, 0.25) is 0 Å². The maximum absolute atomic E-state index is 9.46. The van der Waals surface area contributed by atoms with Crippen LogP contribution in [0, 0.1) is 0 Å². The van der Waals surface area contributed by atoms with E-state index in [0.717, 1.165) is 0 Å². The fourth-order valence-electron chi connectivity index (χ4n) is 1.00. The van der Waals surface area contributed by atoms with Crippen LogP contribution in [0.4, 0.5) is 0 Å². The number of ether oxygens (including phenoxy) is 1. The molecule has 1 N–H and O–H groups in total.